The van der Waals surface area contributed by atoms with Gasteiger partial charge >= 0.3 is 12.1 Å². The van der Waals surface area contributed by atoms with Crippen molar-refractivity contribution < 1.29 is 19.4 Å². The molecule has 30 heavy (non-hydrogen) atoms. The number of carbonyl (C=O) groups excluding carboxylic acids is 1. The van der Waals surface area contributed by atoms with Gasteiger partial charge in [-0.25, -0.2) is 9.59 Å². The summed E-state index contributed by atoms with van der Waals surface area (Å²) in [6, 6.07) is 21.5. The summed E-state index contributed by atoms with van der Waals surface area (Å²) < 4.78 is 5.62. The summed E-state index contributed by atoms with van der Waals surface area (Å²) in [5.41, 5.74) is 7.07. The maximum atomic E-state index is 12.5. The van der Waals surface area contributed by atoms with Crippen LogP contribution in [0.25, 0.3) is 11.1 Å². The van der Waals surface area contributed by atoms with Crippen LogP contribution in [0.2, 0.25) is 0 Å². The lowest BCUT2D eigenvalue weighted by Crippen LogP contribution is -2.36. The molecule has 0 heterocycles. The maximum Gasteiger partial charge on any atom is 0.407 e. The average molecular weight is 399 g/mol. The molecule has 3 aromatic rings. The first-order valence-corrected chi connectivity index (χ1v) is 10.1. The number of nitrogens with one attached hydrogen (secondary N) is 1. The van der Waals surface area contributed by atoms with Crippen LogP contribution in [0, 0.1) is 0 Å². The number of hydrogen-bond acceptors (Lipinski definition) is 3. The Balaban J connectivity index is 1.24. The summed E-state index contributed by atoms with van der Waals surface area (Å²) in [5, 5.41) is 12.1. The number of ether oxygens (including phenoxy) is 1. The smallest absolute Gasteiger partial charge is 0.407 e. The first-order valence-electron chi connectivity index (χ1n) is 10.1. The van der Waals surface area contributed by atoms with Crippen LogP contribution in [0.3, 0.4) is 0 Å². The molecule has 0 aliphatic heterocycles. The number of hydrogen-bond donors (Lipinski definition) is 2. The first-order chi connectivity index (χ1) is 14.6. The highest BCUT2D eigenvalue weighted by molar-refractivity contribution is 5.88. The van der Waals surface area contributed by atoms with E-state index in [-0.39, 0.29) is 24.1 Å². The van der Waals surface area contributed by atoms with Gasteiger partial charge in [0.1, 0.15) is 6.61 Å². The van der Waals surface area contributed by atoms with Crippen LogP contribution in [-0.2, 0) is 17.6 Å². The van der Waals surface area contributed by atoms with Crippen LogP contribution in [0.1, 0.15) is 38.5 Å². The zero-order chi connectivity index (χ0) is 20.7. The highest BCUT2D eigenvalue weighted by Gasteiger charge is 2.30. The monoisotopic (exact) mass is 399 g/mol. The summed E-state index contributed by atoms with van der Waals surface area (Å²) >= 11 is 0. The highest BCUT2D eigenvalue weighted by atomic mass is 16.5. The summed E-state index contributed by atoms with van der Waals surface area (Å²) in [6.07, 6.45) is 0.855. The molecule has 5 rings (SSSR count). The predicted octanol–water partition coefficient (Wildman–Crippen LogP) is 4.39. The molecule has 2 aliphatic carbocycles. The fourth-order valence-corrected chi connectivity index (χ4v) is 4.66. The van der Waals surface area contributed by atoms with Crippen molar-refractivity contribution >= 4 is 12.1 Å². The van der Waals surface area contributed by atoms with E-state index >= 15 is 0 Å². The first kappa shape index (κ1) is 18.4. The van der Waals surface area contributed by atoms with Crippen molar-refractivity contribution in [1.82, 2.24) is 5.32 Å². The third-order valence-electron chi connectivity index (χ3n) is 6.05. The van der Waals surface area contributed by atoms with Gasteiger partial charge in [-0.15, -0.1) is 0 Å². The van der Waals surface area contributed by atoms with Gasteiger partial charge in [0, 0.05) is 12.0 Å². The van der Waals surface area contributed by atoms with Crippen LogP contribution >= 0.6 is 0 Å². The quantitative estimate of drug-likeness (QED) is 0.682. The van der Waals surface area contributed by atoms with Gasteiger partial charge in [-0.2, -0.15) is 0 Å². The van der Waals surface area contributed by atoms with Gasteiger partial charge in [-0.1, -0.05) is 54.6 Å². The Hall–Kier alpha value is -3.60. The predicted molar refractivity (Wildman–Crippen MR) is 113 cm³/mol. The number of aromatic carboxylic acids is 1. The van der Waals surface area contributed by atoms with Crippen LogP contribution in [-0.4, -0.2) is 29.8 Å². The zero-order valence-electron chi connectivity index (χ0n) is 16.3. The third kappa shape index (κ3) is 3.22. The van der Waals surface area contributed by atoms with E-state index in [0.29, 0.717) is 12.8 Å². The molecule has 1 atom stereocenters. The lowest BCUT2D eigenvalue weighted by atomic mass is 9.98. The van der Waals surface area contributed by atoms with Gasteiger partial charge in [0.2, 0.25) is 0 Å². The Morgan fingerprint density at radius 1 is 0.900 bits per heavy atom. The number of carbonyl (C=O) groups is 2. The van der Waals surface area contributed by atoms with Crippen molar-refractivity contribution in [2.45, 2.75) is 24.8 Å². The van der Waals surface area contributed by atoms with Gasteiger partial charge in [0.05, 0.1) is 5.56 Å². The molecule has 0 bridgehead atoms. The number of fused-ring (bicyclic) bond motifs is 4. The molecular formula is C25H21NO4. The van der Waals surface area contributed by atoms with Gasteiger partial charge in [0.15, 0.2) is 0 Å². The third-order valence-corrected chi connectivity index (χ3v) is 6.05. The number of carboxylic acid groups (broad SMARTS) is 1. The fourth-order valence-electron chi connectivity index (χ4n) is 4.66. The Kier molecular flexibility index (Phi) is 4.51. The minimum absolute atomic E-state index is 0.0297. The minimum Gasteiger partial charge on any atom is -0.478 e. The Bertz CT molecular complexity index is 1110. The van der Waals surface area contributed by atoms with Crippen molar-refractivity contribution in [2.24, 2.45) is 0 Å². The Morgan fingerprint density at radius 3 is 2.20 bits per heavy atom. The van der Waals surface area contributed by atoms with E-state index in [1.807, 2.05) is 30.3 Å². The summed E-state index contributed by atoms with van der Waals surface area (Å²) in [4.78, 5) is 23.6. The highest BCUT2D eigenvalue weighted by Crippen LogP contribution is 2.44. The molecule has 5 nitrogen and oxygen atoms in total. The number of amides is 1. The molecule has 0 fully saturated rings. The zero-order valence-corrected chi connectivity index (χ0v) is 16.3. The van der Waals surface area contributed by atoms with E-state index in [0.717, 1.165) is 11.1 Å². The van der Waals surface area contributed by atoms with Gasteiger partial charge in [0.25, 0.3) is 0 Å². The molecule has 1 amide bonds. The molecule has 5 heteroatoms. The maximum absolute atomic E-state index is 12.5. The van der Waals surface area contributed by atoms with E-state index < -0.39 is 12.1 Å². The molecule has 3 aromatic carbocycles. The summed E-state index contributed by atoms with van der Waals surface area (Å²) in [5.74, 6) is -0.909. The number of benzene rings is 3. The van der Waals surface area contributed by atoms with E-state index in [1.165, 1.54) is 22.3 Å². The summed E-state index contributed by atoms with van der Waals surface area (Å²) in [7, 11) is 0. The van der Waals surface area contributed by atoms with Crippen molar-refractivity contribution in [3.8, 4) is 11.1 Å². The van der Waals surface area contributed by atoms with E-state index in [2.05, 4.69) is 29.6 Å². The van der Waals surface area contributed by atoms with Crippen LogP contribution in [0.4, 0.5) is 4.79 Å². The van der Waals surface area contributed by atoms with Crippen molar-refractivity contribution in [3.63, 3.8) is 0 Å². The van der Waals surface area contributed by atoms with E-state index in [4.69, 9.17) is 9.84 Å². The Labute approximate surface area is 174 Å². The molecule has 0 aromatic heterocycles. The molecule has 2 aliphatic rings. The van der Waals surface area contributed by atoms with E-state index in [1.54, 1.807) is 12.1 Å². The second-order valence-corrected chi connectivity index (χ2v) is 7.86. The second kappa shape index (κ2) is 7.34. The normalized spacial score (nSPS) is 16.5. The molecule has 150 valence electrons. The van der Waals surface area contributed by atoms with Crippen LogP contribution in [0.5, 0.6) is 0 Å². The lowest BCUT2D eigenvalue weighted by molar-refractivity contribution is 0.0696. The SMILES string of the molecule is O=C(NC1Cc2ccc(C(=O)O)cc2C1)OCC1c2ccccc2-c2ccccc21. The molecule has 0 saturated carbocycles. The van der Waals surface area contributed by atoms with Gasteiger partial charge in [-0.3, -0.25) is 0 Å². The number of carboxylic acids is 1. The molecule has 0 spiro atoms. The van der Waals surface area contributed by atoms with Crippen molar-refractivity contribution in [3.05, 3.63) is 94.5 Å². The molecule has 1 unspecified atom stereocenters. The average Bonchev–Trinajstić information content (AvgIpc) is 3.30. The van der Waals surface area contributed by atoms with Gasteiger partial charge in [-0.05, 0) is 58.4 Å². The van der Waals surface area contributed by atoms with Crippen LogP contribution in [0.15, 0.2) is 66.7 Å². The molecule has 0 saturated heterocycles. The lowest BCUT2D eigenvalue weighted by Gasteiger charge is -2.16. The fraction of sp³-hybridized carbons (Fsp3) is 0.200. The second-order valence-electron chi connectivity index (χ2n) is 7.86. The number of alkyl carbamates (subject to hydrolysis) is 1. The van der Waals surface area contributed by atoms with Crippen molar-refractivity contribution in [2.75, 3.05) is 6.61 Å². The van der Waals surface area contributed by atoms with E-state index in [9.17, 15) is 9.59 Å². The standard InChI is InChI=1S/C25H21NO4/c27-24(28)16-10-9-15-12-18(13-17(15)11-16)26-25(29)30-14-23-21-7-3-1-5-19(21)20-6-2-4-8-22(20)23/h1-11,18,23H,12-14H2,(H,26,29)(H,27,28). The molecular weight excluding hydrogens is 378 g/mol. The number of rotatable bonds is 4. The molecule has 0 radical (unpaired) electrons. The Morgan fingerprint density at radius 2 is 1.53 bits per heavy atom. The van der Waals surface area contributed by atoms with Gasteiger partial charge < -0.3 is 15.2 Å². The van der Waals surface area contributed by atoms with Crippen LogP contribution < -0.4 is 5.32 Å². The molecule has 2 N–H and O–H groups in total. The topological polar surface area (TPSA) is 75.6 Å². The largest absolute Gasteiger partial charge is 0.478 e. The minimum atomic E-state index is -0.939. The van der Waals surface area contributed by atoms with Crippen molar-refractivity contribution in [1.29, 1.82) is 0 Å². The summed E-state index contributed by atoms with van der Waals surface area (Å²) in [6.45, 7) is 0.280.